The van der Waals surface area contributed by atoms with Gasteiger partial charge in [0.05, 0.1) is 0 Å². The first-order chi connectivity index (χ1) is 13.3. The van der Waals surface area contributed by atoms with Gasteiger partial charge in [-0.2, -0.15) is 0 Å². The van der Waals surface area contributed by atoms with Crippen LogP contribution >= 0.6 is 0 Å². The molecule has 1 N–H and O–H groups in total. The molecule has 1 aromatic heterocycles. The molecule has 29 heavy (non-hydrogen) atoms. The number of pyridine rings is 1. The van der Waals surface area contributed by atoms with E-state index in [9.17, 15) is 26.4 Å². The van der Waals surface area contributed by atoms with Crippen molar-refractivity contribution in [2.24, 2.45) is 7.05 Å². The highest BCUT2D eigenvalue weighted by Crippen LogP contribution is 2.33. The molecule has 0 atom stereocenters. The summed E-state index contributed by atoms with van der Waals surface area (Å²) in [5.41, 5.74) is 0.867. The Morgan fingerprint density at radius 2 is 1.83 bits per heavy atom. The van der Waals surface area contributed by atoms with Gasteiger partial charge in [-0.05, 0) is 50.3 Å². The number of sulfonamides is 1. The van der Waals surface area contributed by atoms with Gasteiger partial charge in [-0.25, -0.2) is 13.1 Å². The molecule has 11 heteroatoms. The van der Waals surface area contributed by atoms with E-state index >= 15 is 0 Å². The summed E-state index contributed by atoms with van der Waals surface area (Å²) in [5, 5.41) is 0. The van der Waals surface area contributed by atoms with E-state index < -0.39 is 27.0 Å². The Balaban J connectivity index is 2.52. The fraction of sp³-hybridized carbons (Fsp3) is 0.389. The highest BCUT2D eigenvalue weighted by molar-refractivity contribution is 7.89. The molecule has 0 bridgehead atoms. The maximum atomic E-state index is 12.9. The number of nitrogens with zero attached hydrogens (tertiary/aromatic N) is 2. The maximum Gasteiger partial charge on any atom is 0.573 e. The lowest BCUT2D eigenvalue weighted by atomic mass is 10.1. The van der Waals surface area contributed by atoms with Crippen LogP contribution in [0.25, 0.3) is 11.1 Å². The zero-order valence-corrected chi connectivity index (χ0v) is 17.2. The second-order valence-corrected chi connectivity index (χ2v) is 8.47. The molecular formula is C18H22F3N3O4S. The standard InChI is InChI=1S/C18H22F3N3O4S/c1-12-9-14(11-24(4)17(12)25)13-5-6-16(15(10-13)28-18(19,20)21)29(26,27)22-7-8-23(2)3/h5-6,9-11,22H,7-8H2,1-4H3. The minimum Gasteiger partial charge on any atom is -0.404 e. The lowest BCUT2D eigenvalue weighted by molar-refractivity contribution is -0.275. The Kier molecular flexibility index (Phi) is 6.76. The molecule has 2 aromatic rings. The van der Waals surface area contributed by atoms with Crippen molar-refractivity contribution in [1.82, 2.24) is 14.2 Å². The largest absolute Gasteiger partial charge is 0.573 e. The van der Waals surface area contributed by atoms with Gasteiger partial charge in [-0.3, -0.25) is 4.79 Å². The predicted octanol–water partition coefficient (Wildman–Crippen LogP) is 2.10. The molecule has 2 rings (SSSR count). The Hall–Kier alpha value is -2.37. The number of aromatic nitrogens is 1. The van der Waals surface area contributed by atoms with Gasteiger partial charge in [0, 0.05) is 31.9 Å². The number of nitrogens with one attached hydrogen (secondary N) is 1. The topological polar surface area (TPSA) is 80.6 Å². The summed E-state index contributed by atoms with van der Waals surface area (Å²) in [4.78, 5) is 12.9. The molecule has 0 amide bonds. The van der Waals surface area contributed by atoms with E-state index in [0.29, 0.717) is 17.7 Å². The average Bonchev–Trinajstić information content (AvgIpc) is 2.57. The number of hydrogen-bond acceptors (Lipinski definition) is 5. The van der Waals surface area contributed by atoms with Gasteiger partial charge in [0.1, 0.15) is 10.6 Å². The van der Waals surface area contributed by atoms with Gasteiger partial charge in [-0.1, -0.05) is 6.07 Å². The van der Waals surface area contributed by atoms with Crippen molar-refractivity contribution in [3.63, 3.8) is 0 Å². The molecular weight excluding hydrogens is 411 g/mol. The molecule has 0 radical (unpaired) electrons. The van der Waals surface area contributed by atoms with Crippen LogP contribution in [0.3, 0.4) is 0 Å². The summed E-state index contributed by atoms with van der Waals surface area (Å²) < 4.78 is 71.2. The first kappa shape index (κ1) is 22.9. The first-order valence-electron chi connectivity index (χ1n) is 8.52. The Labute approximate surface area is 166 Å². The monoisotopic (exact) mass is 433 g/mol. The molecule has 0 aliphatic heterocycles. The third-order valence-corrected chi connectivity index (χ3v) is 5.51. The van der Waals surface area contributed by atoms with Crippen LogP contribution in [-0.2, 0) is 17.1 Å². The molecule has 0 unspecified atom stereocenters. The number of halogens is 3. The molecule has 0 saturated heterocycles. The summed E-state index contributed by atoms with van der Waals surface area (Å²) in [6.45, 7) is 1.96. The summed E-state index contributed by atoms with van der Waals surface area (Å²) in [5.74, 6) is -0.848. The van der Waals surface area contributed by atoms with Crippen LogP contribution in [0.4, 0.5) is 13.2 Å². The normalized spacial score (nSPS) is 12.4. The average molecular weight is 433 g/mol. The fourth-order valence-corrected chi connectivity index (χ4v) is 3.76. The summed E-state index contributed by atoms with van der Waals surface area (Å²) in [7, 11) is 0.741. The SMILES string of the molecule is Cc1cc(-c2ccc(S(=O)(=O)NCCN(C)C)c(OC(F)(F)F)c2)cn(C)c1=O. The van der Waals surface area contributed by atoms with Gasteiger partial charge >= 0.3 is 6.36 Å². The number of benzene rings is 1. The van der Waals surface area contributed by atoms with E-state index in [0.717, 1.165) is 12.1 Å². The van der Waals surface area contributed by atoms with Crippen molar-refractivity contribution in [3.8, 4) is 16.9 Å². The summed E-state index contributed by atoms with van der Waals surface area (Å²) >= 11 is 0. The van der Waals surface area contributed by atoms with Crippen LogP contribution in [0.2, 0.25) is 0 Å². The number of ether oxygens (including phenoxy) is 1. The third-order valence-electron chi connectivity index (χ3n) is 4.01. The zero-order chi connectivity index (χ0) is 22.0. The number of likely N-dealkylation sites (N-methyl/N-ethyl adjacent to an activating group) is 1. The van der Waals surface area contributed by atoms with E-state index in [-0.39, 0.29) is 17.7 Å². The van der Waals surface area contributed by atoms with E-state index in [1.54, 1.807) is 25.9 Å². The Bertz CT molecular complexity index is 1020. The van der Waals surface area contributed by atoms with E-state index in [1.807, 2.05) is 0 Å². The first-order valence-corrected chi connectivity index (χ1v) is 10.0. The van der Waals surface area contributed by atoms with Crippen molar-refractivity contribution in [1.29, 1.82) is 0 Å². The van der Waals surface area contributed by atoms with Gasteiger partial charge in [-0.15, -0.1) is 13.2 Å². The quantitative estimate of drug-likeness (QED) is 0.724. The Morgan fingerprint density at radius 1 is 1.17 bits per heavy atom. The zero-order valence-electron chi connectivity index (χ0n) is 16.4. The number of aryl methyl sites for hydroxylation is 2. The summed E-state index contributed by atoms with van der Waals surface area (Å²) in [6, 6.07) is 4.92. The van der Waals surface area contributed by atoms with Gasteiger partial charge in [0.2, 0.25) is 10.0 Å². The molecule has 1 heterocycles. The van der Waals surface area contributed by atoms with Gasteiger partial charge in [0.25, 0.3) is 5.56 Å². The predicted molar refractivity (Wildman–Crippen MR) is 102 cm³/mol. The van der Waals surface area contributed by atoms with Crippen LogP contribution in [-0.4, -0.2) is 51.4 Å². The Morgan fingerprint density at radius 3 is 2.38 bits per heavy atom. The van der Waals surface area contributed by atoms with Crippen LogP contribution in [0.5, 0.6) is 5.75 Å². The molecule has 160 valence electrons. The van der Waals surface area contributed by atoms with Crippen LogP contribution in [0.15, 0.2) is 40.2 Å². The number of alkyl halides is 3. The molecule has 0 spiro atoms. The molecule has 0 aliphatic rings. The van der Waals surface area contributed by atoms with Gasteiger partial charge in [0.15, 0.2) is 0 Å². The van der Waals surface area contributed by atoms with Crippen molar-refractivity contribution < 1.29 is 26.3 Å². The lowest BCUT2D eigenvalue weighted by Gasteiger charge is -2.16. The molecule has 0 fully saturated rings. The van der Waals surface area contributed by atoms with Crippen LogP contribution < -0.4 is 15.0 Å². The van der Waals surface area contributed by atoms with Gasteiger partial charge < -0.3 is 14.2 Å². The fourth-order valence-electron chi connectivity index (χ4n) is 2.63. The maximum absolute atomic E-state index is 12.9. The molecule has 7 nitrogen and oxygen atoms in total. The van der Waals surface area contributed by atoms with E-state index in [4.69, 9.17) is 0 Å². The van der Waals surface area contributed by atoms with Crippen molar-refractivity contribution in [3.05, 3.63) is 46.4 Å². The minimum absolute atomic E-state index is 0.0164. The molecule has 0 saturated carbocycles. The van der Waals surface area contributed by atoms with E-state index in [2.05, 4.69) is 9.46 Å². The smallest absolute Gasteiger partial charge is 0.404 e. The molecule has 1 aromatic carbocycles. The molecule has 0 aliphatic carbocycles. The number of rotatable bonds is 7. The lowest BCUT2D eigenvalue weighted by Crippen LogP contribution is -2.32. The summed E-state index contributed by atoms with van der Waals surface area (Å²) in [6.07, 6.45) is -3.63. The minimum atomic E-state index is -5.08. The third kappa shape index (κ3) is 6.05. The van der Waals surface area contributed by atoms with Crippen molar-refractivity contribution >= 4 is 10.0 Å². The van der Waals surface area contributed by atoms with Crippen molar-refractivity contribution in [2.45, 2.75) is 18.2 Å². The van der Waals surface area contributed by atoms with E-state index in [1.165, 1.54) is 29.9 Å². The highest BCUT2D eigenvalue weighted by atomic mass is 32.2. The highest BCUT2D eigenvalue weighted by Gasteiger charge is 2.34. The van der Waals surface area contributed by atoms with Crippen molar-refractivity contribution in [2.75, 3.05) is 27.2 Å². The second kappa shape index (κ2) is 8.56. The van der Waals surface area contributed by atoms with Crippen LogP contribution in [0, 0.1) is 6.92 Å². The number of hydrogen-bond donors (Lipinski definition) is 1. The van der Waals surface area contributed by atoms with Crippen LogP contribution in [0.1, 0.15) is 5.56 Å². The second-order valence-electron chi connectivity index (χ2n) is 6.74.